The lowest BCUT2D eigenvalue weighted by molar-refractivity contribution is 0.0924. The molecular weight excluding hydrogens is 284 g/mol. The van der Waals surface area contributed by atoms with Crippen LogP contribution < -0.4 is 10.1 Å². The number of carbonyl (C=O) groups excluding carboxylic acids is 1. The highest BCUT2D eigenvalue weighted by atomic mass is 16.6. The SMILES string of the molecule is O=C(NC1CN2CCC1C2)c1ccc(Oc2nnco2)cc1. The quantitative estimate of drug-likeness (QED) is 0.916. The number of amides is 1. The van der Waals surface area contributed by atoms with Crippen molar-refractivity contribution in [3.8, 4) is 11.8 Å². The molecule has 0 saturated carbocycles. The van der Waals surface area contributed by atoms with Gasteiger partial charge in [0.25, 0.3) is 5.91 Å². The molecule has 7 nitrogen and oxygen atoms in total. The number of benzene rings is 1. The first-order valence-electron chi connectivity index (χ1n) is 7.35. The van der Waals surface area contributed by atoms with E-state index in [4.69, 9.17) is 9.15 Å². The Hall–Kier alpha value is -2.41. The smallest absolute Gasteiger partial charge is 0.410 e. The van der Waals surface area contributed by atoms with E-state index in [1.807, 2.05) is 0 Å². The number of carbonyl (C=O) groups is 1. The third-order valence-electron chi connectivity index (χ3n) is 4.31. The summed E-state index contributed by atoms with van der Waals surface area (Å²) in [5.74, 6) is 1.11. The molecule has 114 valence electrons. The van der Waals surface area contributed by atoms with Crippen molar-refractivity contribution in [1.82, 2.24) is 20.4 Å². The summed E-state index contributed by atoms with van der Waals surface area (Å²) in [7, 11) is 0. The Bertz CT molecular complexity index is 656. The largest absolute Gasteiger partial charge is 0.420 e. The topological polar surface area (TPSA) is 80.5 Å². The number of fused-ring (bicyclic) bond motifs is 2. The second-order valence-corrected chi connectivity index (χ2v) is 5.72. The van der Waals surface area contributed by atoms with Gasteiger partial charge in [-0.1, -0.05) is 5.10 Å². The van der Waals surface area contributed by atoms with Crippen molar-refractivity contribution in [2.24, 2.45) is 5.92 Å². The van der Waals surface area contributed by atoms with Gasteiger partial charge in [-0.2, -0.15) is 0 Å². The molecule has 3 heterocycles. The minimum Gasteiger partial charge on any atom is -0.410 e. The molecule has 2 aliphatic rings. The van der Waals surface area contributed by atoms with Gasteiger partial charge in [0.1, 0.15) is 5.75 Å². The highest BCUT2D eigenvalue weighted by molar-refractivity contribution is 5.94. The van der Waals surface area contributed by atoms with Gasteiger partial charge in [-0.05, 0) is 43.1 Å². The maximum Gasteiger partial charge on any atom is 0.420 e. The molecule has 3 unspecified atom stereocenters. The van der Waals surface area contributed by atoms with Crippen LogP contribution in [-0.4, -0.2) is 46.7 Å². The molecule has 1 N–H and O–H groups in total. The van der Waals surface area contributed by atoms with E-state index in [1.54, 1.807) is 24.3 Å². The van der Waals surface area contributed by atoms with E-state index in [-0.39, 0.29) is 18.0 Å². The number of nitrogens with one attached hydrogen (secondary N) is 1. The molecule has 2 saturated heterocycles. The number of hydrogen-bond acceptors (Lipinski definition) is 6. The molecule has 0 aliphatic carbocycles. The molecule has 2 aromatic rings. The Balaban J connectivity index is 1.38. The van der Waals surface area contributed by atoms with E-state index in [2.05, 4.69) is 20.4 Å². The van der Waals surface area contributed by atoms with Gasteiger partial charge in [0, 0.05) is 24.7 Å². The zero-order chi connectivity index (χ0) is 14.9. The molecule has 2 aliphatic heterocycles. The summed E-state index contributed by atoms with van der Waals surface area (Å²) >= 11 is 0. The highest BCUT2D eigenvalue weighted by Crippen LogP contribution is 2.28. The minimum absolute atomic E-state index is 0.0388. The second-order valence-electron chi connectivity index (χ2n) is 5.72. The maximum atomic E-state index is 12.3. The summed E-state index contributed by atoms with van der Waals surface area (Å²) in [6.45, 7) is 3.25. The van der Waals surface area contributed by atoms with Crippen molar-refractivity contribution in [2.45, 2.75) is 12.5 Å². The average Bonchev–Trinajstić information content (AvgIpc) is 3.25. The van der Waals surface area contributed by atoms with E-state index in [1.165, 1.54) is 19.4 Å². The fourth-order valence-corrected chi connectivity index (χ4v) is 3.18. The third-order valence-corrected chi connectivity index (χ3v) is 4.31. The number of aromatic nitrogens is 2. The van der Waals surface area contributed by atoms with Crippen LogP contribution in [0.1, 0.15) is 16.8 Å². The van der Waals surface area contributed by atoms with Gasteiger partial charge < -0.3 is 19.4 Å². The van der Waals surface area contributed by atoms with E-state index in [0.29, 0.717) is 17.2 Å². The van der Waals surface area contributed by atoms with Crippen LogP contribution in [0.25, 0.3) is 0 Å². The van der Waals surface area contributed by atoms with Crippen molar-refractivity contribution in [2.75, 3.05) is 19.6 Å². The van der Waals surface area contributed by atoms with Gasteiger partial charge in [0.15, 0.2) is 0 Å². The number of ether oxygens (including phenoxy) is 1. The van der Waals surface area contributed by atoms with Gasteiger partial charge in [0.2, 0.25) is 6.39 Å². The van der Waals surface area contributed by atoms with Crippen molar-refractivity contribution >= 4 is 5.91 Å². The molecule has 0 spiro atoms. The molecule has 3 atom stereocenters. The molecule has 22 heavy (non-hydrogen) atoms. The lowest BCUT2D eigenvalue weighted by atomic mass is 9.99. The summed E-state index contributed by atoms with van der Waals surface area (Å²) in [5, 5.41) is 10.3. The maximum absolute atomic E-state index is 12.3. The van der Waals surface area contributed by atoms with Gasteiger partial charge >= 0.3 is 6.08 Å². The van der Waals surface area contributed by atoms with Gasteiger partial charge in [-0.3, -0.25) is 4.79 Å². The summed E-state index contributed by atoms with van der Waals surface area (Å²) in [5.41, 5.74) is 0.621. The number of piperidine rings is 1. The number of hydrogen-bond donors (Lipinski definition) is 1. The first kappa shape index (κ1) is 13.3. The minimum atomic E-state index is -0.0388. The van der Waals surface area contributed by atoms with Crippen LogP contribution in [0.5, 0.6) is 11.8 Å². The molecular formula is C15H16N4O3. The van der Waals surface area contributed by atoms with E-state index in [0.717, 1.165) is 13.1 Å². The van der Waals surface area contributed by atoms with Crippen LogP contribution in [0.3, 0.4) is 0 Å². The van der Waals surface area contributed by atoms with Crippen molar-refractivity contribution in [1.29, 1.82) is 0 Å². The van der Waals surface area contributed by atoms with E-state index >= 15 is 0 Å². The standard InChI is InChI=1S/C15H16N4O3/c20-14(17-13-8-19-6-5-11(13)7-19)10-1-3-12(4-2-10)22-15-18-16-9-21-15/h1-4,9,11,13H,5-8H2,(H,17,20). The number of nitrogens with zero attached hydrogens (tertiary/aromatic N) is 3. The lowest BCUT2D eigenvalue weighted by Crippen LogP contribution is -2.43. The van der Waals surface area contributed by atoms with Gasteiger partial charge in [-0.15, -0.1) is 5.10 Å². The lowest BCUT2D eigenvalue weighted by Gasteiger charge is -2.23. The first-order chi connectivity index (χ1) is 10.8. The van der Waals surface area contributed by atoms with Crippen LogP contribution >= 0.6 is 0 Å². The highest BCUT2D eigenvalue weighted by Gasteiger charge is 2.38. The van der Waals surface area contributed by atoms with Crippen LogP contribution in [0.4, 0.5) is 0 Å². The first-order valence-corrected chi connectivity index (χ1v) is 7.35. The molecule has 4 rings (SSSR count). The van der Waals surface area contributed by atoms with E-state index in [9.17, 15) is 4.79 Å². The molecule has 1 aromatic heterocycles. The van der Waals surface area contributed by atoms with Crippen LogP contribution in [0.15, 0.2) is 35.1 Å². The summed E-state index contributed by atoms with van der Waals surface area (Å²) in [4.78, 5) is 14.7. The Morgan fingerprint density at radius 3 is 2.82 bits per heavy atom. The fraction of sp³-hybridized carbons (Fsp3) is 0.400. The molecule has 1 amide bonds. The van der Waals surface area contributed by atoms with Gasteiger partial charge in [0.05, 0.1) is 0 Å². The van der Waals surface area contributed by atoms with Crippen LogP contribution in [-0.2, 0) is 0 Å². The van der Waals surface area contributed by atoms with E-state index < -0.39 is 0 Å². The predicted molar refractivity (Wildman–Crippen MR) is 76.6 cm³/mol. The molecule has 1 aromatic carbocycles. The average molecular weight is 300 g/mol. The van der Waals surface area contributed by atoms with Crippen molar-refractivity contribution in [3.63, 3.8) is 0 Å². The predicted octanol–water partition coefficient (Wildman–Crippen LogP) is 1.30. The monoisotopic (exact) mass is 300 g/mol. The number of rotatable bonds is 4. The molecule has 2 bridgehead atoms. The normalized spacial score (nSPS) is 26.1. The van der Waals surface area contributed by atoms with Crippen LogP contribution in [0, 0.1) is 5.92 Å². The van der Waals surface area contributed by atoms with Gasteiger partial charge in [-0.25, -0.2) is 0 Å². The summed E-state index contributed by atoms with van der Waals surface area (Å²) in [6.07, 6.45) is 2.46. The zero-order valence-corrected chi connectivity index (χ0v) is 11.9. The Labute approximate surface area is 127 Å². The van der Waals surface area contributed by atoms with Crippen molar-refractivity contribution < 1.29 is 13.9 Å². The Morgan fingerprint density at radius 1 is 1.32 bits per heavy atom. The second kappa shape index (κ2) is 5.42. The summed E-state index contributed by atoms with van der Waals surface area (Å²) < 4.78 is 10.3. The molecule has 2 fully saturated rings. The van der Waals surface area contributed by atoms with Crippen molar-refractivity contribution in [3.05, 3.63) is 36.2 Å². The third kappa shape index (κ3) is 2.55. The molecule has 0 radical (unpaired) electrons. The molecule has 7 heteroatoms. The Kier molecular flexibility index (Phi) is 3.27. The van der Waals surface area contributed by atoms with Crippen LogP contribution in [0.2, 0.25) is 0 Å². The Morgan fingerprint density at radius 2 is 2.18 bits per heavy atom. The fourth-order valence-electron chi connectivity index (χ4n) is 3.18. The zero-order valence-electron chi connectivity index (χ0n) is 11.9. The summed E-state index contributed by atoms with van der Waals surface area (Å²) in [6, 6.07) is 7.16.